The summed E-state index contributed by atoms with van der Waals surface area (Å²) in [6, 6.07) is 12.3. The summed E-state index contributed by atoms with van der Waals surface area (Å²) >= 11 is 7.21. The van der Waals surface area contributed by atoms with Crippen LogP contribution in [0.5, 0.6) is 0 Å². The second kappa shape index (κ2) is 6.65. The number of carbonyl (C=O) groups excluding carboxylic acids is 1. The molecule has 0 fully saturated rings. The van der Waals surface area contributed by atoms with Crippen molar-refractivity contribution in [2.24, 2.45) is 5.10 Å². The summed E-state index contributed by atoms with van der Waals surface area (Å²) in [4.78, 5) is 12.7. The average molecular weight is 309 g/mol. The fraction of sp³-hybridized carbons (Fsp3) is 0.143. The molecule has 0 saturated carbocycles. The van der Waals surface area contributed by atoms with Gasteiger partial charge in [0.1, 0.15) is 0 Å². The lowest BCUT2D eigenvalue weighted by Crippen LogP contribution is -2.26. The molecular weight excluding hydrogens is 296 g/mol. The van der Waals surface area contributed by atoms with Gasteiger partial charge in [0.15, 0.2) is 6.10 Å². The van der Waals surface area contributed by atoms with E-state index in [2.05, 4.69) is 10.5 Å². The molecule has 2 rings (SSSR count). The highest BCUT2D eigenvalue weighted by molar-refractivity contribution is 7.18. The molecule has 1 aromatic carbocycles. The zero-order valence-corrected chi connectivity index (χ0v) is 12.3. The monoisotopic (exact) mass is 308 g/mol. The molecule has 0 unspecified atom stereocenters. The number of aliphatic hydroxyl groups is 1. The number of hydrazone groups is 1. The molecule has 4 nitrogen and oxygen atoms in total. The predicted molar refractivity (Wildman–Crippen MR) is 81.1 cm³/mol. The fourth-order valence-electron chi connectivity index (χ4n) is 1.55. The Morgan fingerprint density at radius 1 is 1.30 bits per heavy atom. The minimum absolute atomic E-state index is 0.525. The summed E-state index contributed by atoms with van der Waals surface area (Å²) in [7, 11) is 0. The Labute approximate surface area is 125 Å². The van der Waals surface area contributed by atoms with Crippen LogP contribution in [0.4, 0.5) is 0 Å². The molecule has 104 valence electrons. The number of amides is 1. The second-order valence-electron chi connectivity index (χ2n) is 4.09. The van der Waals surface area contributed by atoms with Crippen molar-refractivity contribution < 1.29 is 9.90 Å². The molecule has 2 N–H and O–H groups in total. The van der Waals surface area contributed by atoms with Gasteiger partial charge in [-0.1, -0.05) is 41.9 Å². The summed E-state index contributed by atoms with van der Waals surface area (Å²) in [5.41, 5.74) is 3.51. The molecule has 1 amide bonds. The van der Waals surface area contributed by atoms with E-state index < -0.39 is 12.0 Å². The first-order chi connectivity index (χ1) is 9.58. The molecule has 2 aromatic rings. The predicted octanol–water partition coefficient (Wildman–Crippen LogP) is 2.98. The standard InChI is InChI=1S/C14H13ClN2O2S/c1-9(11-7-8-12(15)20-11)16-17-14(19)13(18)10-5-3-2-4-6-10/h2-8,13,18H,1H3,(H,17,19)/b16-9-/t13-/m0/s1. The van der Waals surface area contributed by atoms with Crippen LogP contribution < -0.4 is 5.43 Å². The van der Waals surface area contributed by atoms with Crippen LogP contribution in [0.15, 0.2) is 47.6 Å². The Morgan fingerprint density at radius 2 is 2.00 bits per heavy atom. The third-order valence-corrected chi connectivity index (χ3v) is 3.97. The van der Waals surface area contributed by atoms with Gasteiger partial charge >= 0.3 is 0 Å². The van der Waals surface area contributed by atoms with Gasteiger partial charge in [0, 0.05) is 0 Å². The van der Waals surface area contributed by atoms with E-state index in [4.69, 9.17) is 11.6 Å². The molecule has 0 aliphatic carbocycles. The zero-order chi connectivity index (χ0) is 14.5. The molecule has 0 saturated heterocycles. The maximum atomic E-state index is 11.8. The number of nitrogens with zero attached hydrogens (tertiary/aromatic N) is 1. The molecule has 1 aromatic heterocycles. The zero-order valence-electron chi connectivity index (χ0n) is 10.7. The molecule has 0 aliphatic rings. The minimum atomic E-state index is -1.24. The molecule has 20 heavy (non-hydrogen) atoms. The summed E-state index contributed by atoms with van der Waals surface area (Å²) < 4.78 is 0.658. The lowest BCUT2D eigenvalue weighted by Gasteiger charge is -2.09. The highest BCUT2D eigenvalue weighted by Gasteiger charge is 2.16. The maximum Gasteiger partial charge on any atom is 0.273 e. The van der Waals surface area contributed by atoms with E-state index in [1.807, 2.05) is 12.1 Å². The van der Waals surface area contributed by atoms with E-state index in [1.165, 1.54) is 11.3 Å². The lowest BCUT2D eigenvalue weighted by atomic mass is 10.1. The van der Waals surface area contributed by atoms with Gasteiger partial charge in [0.25, 0.3) is 5.91 Å². The Morgan fingerprint density at radius 3 is 2.60 bits per heavy atom. The van der Waals surface area contributed by atoms with Gasteiger partial charge in [-0.25, -0.2) is 5.43 Å². The third kappa shape index (κ3) is 3.66. The first-order valence-electron chi connectivity index (χ1n) is 5.91. The second-order valence-corrected chi connectivity index (χ2v) is 5.81. The van der Waals surface area contributed by atoms with E-state index in [0.29, 0.717) is 15.6 Å². The highest BCUT2D eigenvalue weighted by Crippen LogP contribution is 2.21. The van der Waals surface area contributed by atoms with Gasteiger partial charge in [-0.15, -0.1) is 11.3 Å². The van der Waals surface area contributed by atoms with E-state index in [-0.39, 0.29) is 0 Å². The summed E-state index contributed by atoms with van der Waals surface area (Å²) in [6.45, 7) is 1.76. The van der Waals surface area contributed by atoms with Gasteiger partial charge in [-0.2, -0.15) is 5.10 Å². The molecule has 1 heterocycles. The first kappa shape index (κ1) is 14.7. The summed E-state index contributed by atoms with van der Waals surface area (Å²) in [6.07, 6.45) is -1.24. The largest absolute Gasteiger partial charge is 0.378 e. The quantitative estimate of drug-likeness (QED) is 0.674. The summed E-state index contributed by atoms with van der Waals surface area (Å²) in [5, 5.41) is 13.8. The van der Waals surface area contributed by atoms with E-state index in [1.54, 1.807) is 37.3 Å². The number of benzene rings is 1. The van der Waals surface area contributed by atoms with Crippen LogP contribution in [0.3, 0.4) is 0 Å². The van der Waals surface area contributed by atoms with Crippen LogP contribution >= 0.6 is 22.9 Å². The van der Waals surface area contributed by atoms with Crippen molar-refractivity contribution in [3.05, 3.63) is 57.2 Å². The van der Waals surface area contributed by atoms with Crippen molar-refractivity contribution >= 4 is 34.6 Å². The highest BCUT2D eigenvalue weighted by atomic mass is 35.5. The smallest absolute Gasteiger partial charge is 0.273 e. The summed E-state index contributed by atoms with van der Waals surface area (Å²) in [5.74, 6) is -0.571. The number of hydrogen-bond acceptors (Lipinski definition) is 4. The molecule has 0 radical (unpaired) electrons. The Balaban J connectivity index is 2.01. The number of halogens is 1. The van der Waals surface area contributed by atoms with Gasteiger partial charge in [-0.05, 0) is 24.6 Å². The maximum absolute atomic E-state index is 11.8. The normalized spacial score (nSPS) is 13.1. The Kier molecular flexibility index (Phi) is 4.89. The molecule has 6 heteroatoms. The van der Waals surface area contributed by atoms with E-state index in [9.17, 15) is 9.90 Å². The first-order valence-corrected chi connectivity index (χ1v) is 7.10. The van der Waals surface area contributed by atoms with E-state index >= 15 is 0 Å². The van der Waals surface area contributed by atoms with Crippen molar-refractivity contribution in [2.75, 3.05) is 0 Å². The van der Waals surface area contributed by atoms with Crippen LogP contribution in [-0.4, -0.2) is 16.7 Å². The Bertz CT molecular complexity index is 625. The van der Waals surface area contributed by atoms with Crippen molar-refractivity contribution in [1.82, 2.24) is 5.43 Å². The lowest BCUT2D eigenvalue weighted by molar-refractivity contribution is -0.129. The molecule has 0 spiro atoms. The van der Waals surface area contributed by atoms with Crippen LogP contribution in [0.2, 0.25) is 4.34 Å². The van der Waals surface area contributed by atoms with Gasteiger partial charge < -0.3 is 5.11 Å². The number of aliphatic hydroxyl groups excluding tert-OH is 1. The molecular formula is C14H13ClN2O2S. The number of hydrogen-bond donors (Lipinski definition) is 2. The van der Waals surface area contributed by atoms with Crippen molar-refractivity contribution in [3.8, 4) is 0 Å². The van der Waals surface area contributed by atoms with Gasteiger partial charge in [0.05, 0.1) is 14.9 Å². The van der Waals surface area contributed by atoms with Crippen LogP contribution in [-0.2, 0) is 4.79 Å². The third-order valence-electron chi connectivity index (χ3n) is 2.63. The number of nitrogens with one attached hydrogen (secondary N) is 1. The van der Waals surface area contributed by atoms with Gasteiger partial charge in [0.2, 0.25) is 0 Å². The topological polar surface area (TPSA) is 61.7 Å². The van der Waals surface area contributed by atoms with Crippen molar-refractivity contribution in [2.45, 2.75) is 13.0 Å². The van der Waals surface area contributed by atoms with Crippen LogP contribution in [0.1, 0.15) is 23.5 Å². The van der Waals surface area contributed by atoms with E-state index in [0.717, 1.165) is 4.88 Å². The van der Waals surface area contributed by atoms with Crippen LogP contribution in [0, 0.1) is 0 Å². The van der Waals surface area contributed by atoms with Crippen molar-refractivity contribution in [3.63, 3.8) is 0 Å². The molecule has 1 atom stereocenters. The Hall–Kier alpha value is -1.69. The van der Waals surface area contributed by atoms with Crippen molar-refractivity contribution in [1.29, 1.82) is 0 Å². The number of rotatable bonds is 4. The van der Waals surface area contributed by atoms with Gasteiger partial charge in [-0.3, -0.25) is 4.79 Å². The number of thiophene rings is 1. The molecule has 0 bridgehead atoms. The average Bonchev–Trinajstić information content (AvgIpc) is 2.91. The fourth-order valence-corrected chi connectivity index (χ4v) is 2.54. The number of carbonyl (C=O) groups is 1. The molecule has 0 aliphatic heterocycles. The van der Waals surface area contributed by atoms with Crippen LogP contribution in [0.25, 0.3) is 0 Å². The minimum Gasteiger partial charge on any atom is -0.378 e. The SMILES string of the molecule is C/C(=N/NC(=O)[C@@H](O)c1ccccc1)c1ccc(Cl)s1.